The number of hydrogen-bond donors (Lipinski definition) is 2. The lowest BCUT2D eigenvalue weighted by molar-refractivity contribution is -0.128. The van der Waals surface area contributed by atoms with Crippen LogP contribution in [0, 0.1) is 11.8 Å². The van der Waals surface area contributed by atoms with E-state index in [1.165, 1.54) is 11.3 Å². The number of nitrogens with zero attached hydrogens (tertiary/aromatic N) is 2. The number of anilines is 1. The smallest absolute Gasteiger partial charge is 0.258 e. The van der Waals surface area contributed by atoms with Crippen molar-refractivity contribution in [3.63, 3.8) is 0 Å². The Morgan fingerprint density at radius 1 is 1.11 bits per heavy atom. The van der Waals surface area contributed by atoms with Gasteiger partial charge in [-0.15, -0.1) is 10.2 Å². The summed E-state index contributed by atoms with van der Waals surface area (Å²) in [6.07, 6.45) is 0.814. The molecule has 0 saturated heterocycles. The van der Waals surface area contributed by atoms with Crippen LogP contribution in [0.15, 0.2) is 30.3 Å². The van der Waals surface area contributed by atoms with Crippen molar-refractivity contribution in [2.45, 2.75) is 40.2 Å². The highest BCUT2D eigenvalue weighted by Crippen LogP contribution is 2.19. The molecule has 0 radical (unpaired) electrons. The molecular weight excluding hydrogens is 364 g/mol. The molecule has 2 rings (SSSR count). The van der Waals surface area contributed by atoms with Crippen LogP contribution in [0.4, 0.5) is 5.13 Å². The normalized spacial score (nSPS) is 12.1. The molecule has 1 heterocycles. The molecule has 0 aliphatic carbocycles. The third-order valence-electron chi connectivity index (χ3n) is 3.66. The van der Waals surface area contributed by atoms with Gasteiger partial charge in [-0.1, -0.05) is 57.2 Å². The maximum atomic E-state index is 12.6. The molecule has 2 amide bonds. The number of hydrogen-bond acceptors (Lipinski definition) is 6. The Bertz CT molecular complexity index is 746. The summed E-state index contributed by atoms with van der Waals surface area (Å²) in [4.78, 5) is 24.7. The topological polar surface area (TPSA) is 93.2 Å². The average Bonchev–Trinajstić information content (AvgIpc) is 3.04. The Kier molecular flexibility index (Phi) is 7.72. The Morgan fingerprint density at radius 2 is 1.81 bits per heavy atom. The second kappa shape index (κ2) is 10.0. The quantitative estimate of drug-likeness (QED) is 0.687. The largest absolute Gasteiger partial charge is 0.484 e. The number of benzene rings is 1. The molecule has 0 fully saturated rings. The molecule has 146 valence electrons. The molecule has 1 aromatic heterocycles. The number of amides is 2. The van der Waals surface area contributed by atoms with Crippen LogP contribution >= 0.6 is 11.3 Å². The lowest BCUT2D eigenvalue weighted by Gasteiger charge is -2.21. The van der Waals surface area contributed by atoms with E-state index in [0.717, 1.165) is 11.4 Å². The first kappa shape index (κ1) is 20.8. The number of rotatable bonds is 9. The lowest BCUT2D eigenvalue weighted by atomic mass is 10.0. The number of ether oxygens (including phenoxy) is 1. The summed E-state index contributed by atoms with van der Waals surface area (Å²) in [7, 11) is 0. The Hall–Kier alpha value is -2.48. The first-order valence-corrected chi connectivity index (χ1v) is 9.77. The monoisotopic (exact) mass is 390 g/mol. The molecule has 0 saturated carbocycles. The van der Waals surface area contributed by atoms with Gasteiger partial charge < -0.3 is 10.1 Å². The fourth-order valence-electron chi connectivity index (χ4n) is 2.33. The molecule has 7 nitrogen and oxygen atoms in total. The molecule has 2 aromatic rings. The standard InChI is InChI=1S/C19H26N4O3S/c1-12(2)10-16-22-23-19(27-16)21-18(25)17(13(3)4)20-15(24)11-26-14-8-6-5-7-9-14/h5-9,12-13,17H,10-11H2,1-4H3,(H,20,24)(H,21,23,25). The maximum absolute atomic E-state index is 12.6. The molecule has 0 bridgehead atoms. The van der Waals surface area contributed by atoms with Crippen molar-refractivity contribution < 1.29 is 14.3 Å². The van der Waals surface area contributed by atoms with E-state index in [1.807, 2.05) is 32.0 Å². The van der Waals surface area contributed by atoms with Gasteiger partial charge in [0.15, 0.2) is 6.61 Å². The summed E-state index contributed by atoms with van der Waals surface area (Å²) < 4.78 is 5.42. The van der Waals surface area contributed by atoms with E-state index in [2.05, 4.69) is 34.7 Å². The third kappa shape index (κ3) is 6.97. The van der Waals surface area contributed by atoms with E-state index in [4.69, 9.17) is 4.74 Å². The first-order chi connectivity index (χ1) is 12.8. The van der Waals surface area contributed by atoms with E-state index in [9.17, 15) is 9.59 Å². The second-order valence-electron chi connectivity index (χ2n) is 6.98. The summed E-state index contributed by atoms with van der Waals surface area (Å²) in [5, 5.41) is 14.9. The fraction of sp³-hybridized carbons (Fsp3) is 0.474. The molecule has 27 heavy (non-hydrogen) atoms. The van der Waals surface area contributed by atoms with E-state index in [1.54, 1.807) is 12.1 Å². The first-order valence-electron chi connectivity index (χ1n) is 8.95. The van der Waals surface area contributed by atoms with Crippen molar-refractivity contribution in [3.8, 4) is 5.75 Å². The number of carbonyl (C=O) groups is 2. The molecule has 0 spiro atoms. The zero-order chi connectivity index (χ0) is 19.8. The van der Waals surface area contributed by atoms with Crippen molar-refractivity contribution in [3.05, 3.63) is 35.3 Å². The minimum absolute atomic E-state index is 0.0891. The third-order valence-corrected chi connectivity index (χ3v) is 4.52. The van der Waals surface area contributed by atoms with Gasteiger partial charge in [0.25, 0.3) is 5.91 Å². The van der Waals surface area contributed by atoms with Gasteiger partial charge in [0.2, 0.25) is 11.0 Å². The summed E-state index contributed by atoms with van der Waals surface area (Å²) in [5.74, 6) is 0.308. The summed E-state index contributed by atoms with van der Waals surface area (Å²) in [6, 6.07) is 8.37. The number of para-hydroxylation sites is 1. The number of nitrogens with one attached hydrogen (secondary N) is 2. The van der Waals surface area contributed by atoms with Crippen molar-refractivity contribution in [1.82, 2.24) is 15.5 Å². The van der Waals surface area contributed by atoms with Gasteiger partial charge >= 0.3 is 0 Å². The number of aromatic nitrogens is 2. The highest BCUT2D eigenvalue weighted by molar-refractivity contribution is 7.15. The molecular formula is C19H26N4O3S. The minimum Gasteiger partial charge on any atom is -0.484 e. The van der Waals surface area contributed by atoms with Gasteiger partial charge in [-0.2, -0.15) is 0 Å². The Labute approximate surface area is 163 Å². The highest BCUT2D eigenvalue weighted by atomic mass is 32.1. The van der Waals surface area contributed by atoms with Crippen LogP contribution in [-0.2, 0) is 16.0 Å². The van der Waals surface area contributed by atoms with Gasteiger partial charge in [0.05, 0.1) is 0 Å². The van der Waals surface area contributed by atoms with Gasteiger partial charge in [0, 0.05) is 6.42 Å². The predicted molar refractivity (Wildman–Crippen MR) is 106 cm³/mol. The van der Waals surface area contributed by atoms with E-state index in [0.29, 0.717) is 16.8 Å². The van der Waals surface area contributed by atoms with E-state index < -0.39 is 6.04 Å². The molecule has 1 aromatic carbocycles. The summed E-state index contributed by atoms with van der Waals surface area (Å²) in [6.45, 7) is 7.78. The van der Waals surface area contributed by atoms with Crippen LogP contribution in [0.1, 0.15) is 32.7 Å². The summed E-state index contributed by atoms with van der Waals surface area (Å²) >= 11 is 1.35. The summed E-state index contributed by atoms with van der Waals surface area (Å²) in [5.41, 5.74) is 0. The van der Waals surface area contributed by atoms with E-state index >= 15 is 0 Å². The van der Waals surface area contributed by atoms with Crippen molar-refractivity contribution in [2.75, 3.05) is 11.9 Å². The SMILES string of the molecule is CC(C)Cc1nnc(NC(=O)C(NC(=O)COc2ccccc2)C(C)C)s1. The van der Waals surface area contributed by atoms with Crippen molar-refractivity contribution in [1.29, 1.82) is 0 Å². The van der Waals surface area contributed by atoms with Crippen LogP contribution in [0.3, 0.4) is 0 Å². The predicted octanol–water partition coefficient (Wildman–Crippen LogP) is 2.89. The van der Waals surface area contributed by atoms with Crippen molar-refractivity contribution >= 4 is 28.3 Å². The lowest BCUT2D eigenvalue weighted by Crippen LogP contribution is -2.48. The van der Waals surface area contributed by atoms with Crippen LogP contribution in [-0.4, -0.2) is 34.7 Å². The van der Waals surface area contributed by atoms with Gasteiger partial charge in [-0.3, -0.25) is 14.9 Å². The molecule has 2 N–H and O–H groups in total. The molecule has 8 heteroatoms. The van der Waals surface area contributed by atoms with Gasteiger partial charge in [0.1, 0.15) is 16.8 Å². The second-order valence-corrected chi connectivity index (χ2v) is 8.04. The maximum Gasteiger partial charge on any atom is 0.258 e. The Morgan fingerprint density at radius 3 is 2.44 bits per heavy atom. The van der Waals surface area contributed by atoms with E-state index in [-0.39, 0.29) is 24.3 Å². The molecule has 0 aliphatic heterocycles. The zero-order valence-electron chi connectivity index (χ0n) is 16.1. The van der Waals surface area contributed by atoms with Crippen molar-refractivity contribution in [2.24, 2.45) is 11.8 Å². The van der Waals surface area contributed by atoms with Crippen LogP contribution < -0.4 is 15.4 Å². The van der Waals surface area contributed by atoms with Gasteiger partial charge in [-0.25, -0.2) is 0 Å². The molecule has 0 aliphatic rings. The fourth-order valence-corrected chi connectivity index (χ4v) is 3.29. The Balaban J connectivity index is 1.90. The number of carbonyl (C=O) groups excluding carboxylic acids is 2. The average molecular weight is 391 g/mol. The molecule has 1 atom stereocenters. The van der Waals surface area contributed by atoms with Crippen LogP contribution in [0.5, 0.6) is 5.75 Å². The minimum atomic E-state index is -0.686. The van der Waals surface area contributed by atoms with Gasteiger partial charge in [-0.05, 0) is 24.0 Å². The van der Waals surface area contributed by atoms with Crippen LogP contribution in [0.25, 0.3) is 0 Å². The van der Waals surface area contributed by atoms with Crippen LogP contribution in [0.2, 0.25) is 0 Å². The molecule has 1 unspecified atom stereocenters. The zero-order valence-corrected chi connectivity index (χ0v) is 16.9. The highest BCUT2D eigenvalue weighted by Gasteiger charge is 2.25.